The first-order valence-corrected chi connectivity index (χ1v) is 7.32. The van der Waals surface area contributed by atoms with E-state index >= 15 is 0 Å². The molecule has 0 fully saturated rings. The van der Waals surface area contributed by atoms with Gasteiger partial charge in [0, 0.05) is 0 Å². The van der Waals surface area contributed by atoms with Crippen LogP contribution in [-0.2, 0) is 11.3 Å². The molecule has 0 spiro atoms. The molecule has 23 heavy (non-hydrogen) atoms. The summed E-state index contributed by atoms with van der Waals surface area (Å²) >= 11 is 0. The van der Waals surface area contributed by atoms with Gasteiger partial charge < -0.3 is 0 Å². The molecule has 0 radical (unpaired) electrons. The third-order valence-electron chi connectivity index (χ3n) is 3.53. The van der Waals surface area contributed by atoms with Gasteiger partial charge in [-0.15, -0.1) is 5.10 Å². The Morgan fingerprint density at radius 3 is 2.70 bits per heavy atom. The van der Waals surface area contributed by atoms with Gasteiger partial charge in [0.2, 0.25) is 0 Å². The first kappa shape index (κ1) is 14.9. The number of aromatic nitrogens is 3. The quantitative estimate of drug-likeness (QED) is 0.593. The number of hydrazone groups is 1. The summed E-state index contributed by atoms with van der Waals surface area (Å²) in [7, 11) is 0. The first-order chi connectivity index (χ1) is 11.1. The highest BCUT2D eigenvalue weighted by Crippen LogP contribution is 2.09. The van der Waals surface area contributed by atoms with Crippen molar-refractivity contribution in [1.82, 2.24) is 20.4 Å². The number of rotatable bonds is 4. The van der Waals surface area contributed by atoms with Crippen molar-refractivity contribution in [2.45, 2.75) is 20.4 Å². The molecule has 0 aliphatic carbocycles. The summed E-state index contributed by atoms with van der Waals surface area (Å²) in [4.78, 5) is 12.0. The molecule has 0 bridgehead atoms. The fourth-order valence-corrected chi connectivity index (χ4v) is 2.21. The van der Waals surface area contributed by atoms with E-state index in [1.54, 1.807) is 4.68 Å². The lowest BCUT2D eigenvalue weighted by atomic mass is 10.1. The average Bonchev–Trinajstić information content (AvgIpc) is 2.96. The van der Waals surface area contributed by atoms with Crippen LogP contribution in [0.5, 0.6) is 0 Å². The van der Waals surface area contributed by atoms with E-state index in [-0.39, 0.29) is 12.5 Å². The Balaban J connectivity index is 1.67. The lowest BCUT2D eigenvalue weighted by Gasteiger charge is -2.04. The number of fused-ring (bicyclic) bond motifs is 1. The molecule has 0 aliphatic rings. The molecular formula is C17H17N5O. The Kier molecular flexibility index (Phi) is 4.14. The van der Waals surface area contributed by atoms with Crippen LogP contribution >= 0.6 is 0 Å². The largest absolute Gasteiger partial charge is 0.271 e. The van der Waals surface area contributed by atoms with Gasteiger partial charge in [-0.3, -0.25) is 4.79 Å². The van der Waals surface area contributed by atoms with E-state index < -0.39 is 0 Å². The normalized spacial score (nSPS) is 11.7. The van der Waals surface area contributed by atoms with E-state index in [4.69, 9.17) is 0 Å². The molecule has 6 nitrogen and oxygen atoms in total. The van der Waals surface area contributed by atoms with Gasteiger partial charge in [0.1, 0.15) is 12.1 Å². The lowest BCUT2D eigenvalue weighted by Crippen LogP contribution is -2.24. The summed E-state index contributed by atoms with van der Waals surface area (Å²) in [6.45, 7) is 3.96. The third kappa shape index (κ3) is 3.42. The zero-order chi connectivity index (χ0) is 16.2. The monoisotopic (exact) mass is 307 g/mol. The molecule has 6 heteroatoms. The topological polar surface area (TPSA) is 72.2 Å². The van der Waals surface area contributed by atoms with Gasteiger partial charge >= 0.3 is 0 Å². The molecule has 0 atom stereocenters. The maximum atomic E-state index is 12.0. The molecule has 0 saturated carbocycles. The second-order valence-electron chi connectivity index (χ2n) is 5.33. The van der Waals surface area contributed by atoms with E-state index in [1.165, 1.54) is 5.56 Å². The minimum Gasteiger partial charge on any atom is -0.271 e. The van der Waals surface area contributed by atoms with Crippen LogP contribution in [-0.4, -0.2) is 26.6 Å². The molecule has 1 N–H and O–H groups in total. The van der Waals surface area contributed by atoms with E-state index in [0.29, 0.717) is 0 Å². The van der Waals surface area contributed by atoms with Gasteiger partial charge in [0.05, 0.1) is 11.2 Å². The number of benzene rings is 2. The van der Waals surface area contributed by atoms with Crippen molar-refractivity contribution in [2.24, 2.45) is 5.10 Å². The number of nitrogens with zero attached hydrogens (tertiary/aromatic N) is 4. The highest BCUT2D eigenvalue weighted by molar-refractivity contribution is 5.99. The van der Waals surface area contributed by atoms with Crippen LogP contribution in [0.4, 0.5) is 0 Å². The molecular weight excluding hydrogens is 290 g/mol. The zero-order valence-electron chi connectivity index (χ0n) is 13.0. The van der Waals surface area contributed by atoms with Gasteiger partial charge in [0.25, 0.3) is 5.91 Å². The molecule has 0 saturated heterocycles. The molecule has 0 aliphatic heterocycles. The first-order valence-electron chi connectivity index (χ1n) is 7.32. The number of amides is 1. The zero-order valence-corrected chi connectivity index (χ0v) is 13.0. The van der Waals surface area contributed by atoms with Gasteiger partial charge in [-0.2, -0.15) is 5.10 Å². The summed E-state index contributed by atoms with van der Waals surface area (Å²) in [6.07, 6.45) is 0. The smallest absolute Gasteiger partial charge is 0.261 e. The van der Waals surface area contributed by atoms with Crippen LogP contribution in [0.1, 0.15) is 18.1 Å². The van der Waals surface area contributed by atoms with Crippen LogP contribution in [0.2, 0.25) is 0 Å². The Labute approximate surface area is 133 Å². The standard InChI is InChI=1S/C17H17N5O/c1-12-7-9-14(10-8-12)13(2)18-20-17(23)11-22-16-6-4-3-5-15(16)19-21-22/h3-10H,11H2,1-2H3,(H,20,23)/b18-13+. The third-order valence-corrected chi connectivity index (χ3v) is 3.53. The number of para-hydroxylation sites is 1. The van der Waals surface area contributed by atoms with E-state index in [2.05, 4.69) is 20.8 Å². The number of hydrogen-bond acceptors (Lipinski definition) is 4. The highest BCUT2D eigenvalue weighted by Gasteiger charge is 2.08. The van der Waals surface area contributed by atoms with Crippen LogP contribution in [0.25, 0.3) is 11.0 Å². The molecule has 3 rings (SSSR count). The maximum absolute atomic E-state index is 12.0. The van der Waals surface area contributed by atoms with E-state index in [9.17, 15) is 4.79 Å². The Hall–Kier alpha value is -3.02. The van der Waals surface area contributed by atoms with Crippen LogP contribution in [0, 0.1) is 6.92 Å². The van der Waals surface area contributed by atoms with Crippen molar-refractivity contribution in [3.63, 3.8) is 0 Å². The summed E-state index contributed by atoms with van der Waals surface area (Å²) in [5.74, 6) is -0.243. The second-order valence-corrected chi connectivity index (χ2v) is 5.33. The number of aryl methyl sites for hydroxylation is 1. The minimum atomic E-state index is -0.243. The van der Waals surface area contributed by atoms with Crippen molar-refractivity contribution in [1.29, 1.82) is 0 Å². The number of carbonyl (C=O) groups is 1. The Morgan fingerprint density at radius 2 is 1.91 bits per heavy atom. The van der Waals surface area contributed by atoms with Gasteiger partial charge in [0.15, 0.2) is 0 Å². The summed E-state index contributed by atoms with van der Waals surface area (Å²) in [5, 5.41) is 12.1. The SMILES string of the molecule is C/C(=N\NC(=O)Cn1nnc2ccccc21)c1ccc(C)cc1. The van der Waals surface area contributed by atoms with E-state index in [0.717, 1.165) is 22.3 Å². The predicted molar refractivity (Wildman–Crippen MR) is 89.1 cm³/mol. The van der Waals surface area contributed by atoms with Crippen molar-refractivity contribution >= 4 is 22.7 Å². The molecule has 2 aromatic carbocycles. The number of hydrogen-bond donors (Lipinski definition) is 1. The highest BCUT2D eigenvalue weighted by atomic mass is 16.2. The van der Waals surface area contributed by atoms with Gasteiger partial charge in [-0.1, -0.05) is 47.2 Å². The fraction of sp³-hybridized carbons (Fsp3) is 0.176. The summed E-state index contributed by atoms with van der Waals surface area (Å²) < 4.78 is 1.56. The lowest BCUT2D eigenvalue weighted by molar-refractivity contribution is -0.121. The van der Waals surface area contributed by atoms with Crippen molar-refractivity contribution in [2.75, 3.05) is 0 Å². The predicted octanol–water partition coefficient (Wildman–Crippen LogP) is 2.28. The number of carbonyl (C=O) groups excluding carboxylic acids is 1. The van der Waals surface area contributed by atoms with Crippen molar-refractivity contribution in [3.05, 3.63) is 59.7 Å². The Morgan fingerprint density at radius 1 is 1.17 bits per heavy atom. The molecule has 116 valence electrons. The van der Waals surface area contributed by atoms with Gasteiger partial charge in [-0.25, -0.2) is 10.1 Å². The summed E-state index contributed by atoms with van der Waals surface area (Å²) in [6, 6.07) is 15.5. The molecule has 0 unspecified atom stereocenters. The fourth-order valence-electron chi connectivity index (χ4n) is 2.21. The van der Waals surface area contributed by atoms with Crippen LogP contribution in [0.3, 0.4) is 0 Å². The average molecular weight is 307 g/mol. The van der Waals surface area contributed by atoms with Crippen molar-refractivity contribution in [3.8, 4) is 0 Å². The number of nitrogens with one attached hydrogen (secondary N) is 1. The molecule has 1 heterocycles. The van der Waals surface area contributed by atoms with Crippen LogP contribution < -0.4 is 5.43 Å². The van der Waals surface area contributed by atoms with Crippen molar-refractivity contribution < 1.29 is 4.79 Å². The molecule has 1 amide bonds. The van der Waals surface area contributed by atoms with Crippen LogP contribution in [0.15, 0.2) is 53.6 Å². The molecule has 1 aromatic heterocycles. The van der Waals surface area contributed by atoms with Gasteiger partial charge in [-0.05, 0) is 31.5 Å². The summed E-state index contributed by atoms with van der Waals surface area (Å²) in [5.41, 5.74) is 7.05. The second kappa shape index (κ2) is 6.39. The maximum Gasteiger partial charge on any atom is 0.261 e. The Bertz CT molecular complexity index is 864. The molecule has 3 aromatic rings. The van der Waals surface area contributed by atoms with E-state index in [1.807, 2.05) is 62.4 Å². The minimum absolute atomic E-state index is 0.0746.